The van der Waals surface area contributed by atoms with Crippen LogP contribution in [0.5, 0.6) is 0 Å². The van der Waals surface area contributed by atoms with Crippen molar-refractivity contribution in [2.45, 2.75) is 0 Å². The molecule has 14 nitrogen and oxygen atoms in total. The number of likely N-dealkylation sites (N-methyl/N-ethyl adjacent to an activating group) is 2. The van der Waals surface area contributed by atoms with Crippen molar-refractivity contribution in [3.05, 3.63) is 158 Å². The van der Waals surface area contributed by atoms with Gasteiger partial charge >= 0.3 is 29.6 Å². The Labute approximate surface area is 454 Å². The van der Waals surface area contributed by atoms with Crippen molar-refractivity contribution >= 4 is 78.0 Å². The van der Waals surface area contributed by atoms with E-state index in [1.54, 1.807) is 78.5 Å². The first-order valence-corrected chi connectivity index (χ1v) is 22.2. The molecular formula is C53H48Cl2F3N12NaO2. The van der Waals surface area contributed by atoms with Crippen molar-refractivity contribution in [1.29, 1.82) is 0 Å². The van der Waals surface area contributed by atoms with Gasteiger partial charge in [0.25, 0.3) is 5.24 Å². The maximum absolute atomic E-state index is 14.6. The fraction of sp³-hybridized carbons (Fsp3) is 0.132. The van der Waals surface area contributed by atoms with E-state index in [2.05, 4.69) is 45.2 Å². The number of anilines is 2. The number of aromatic nitrogens is 8. The van der Waals surface area contributed by atoms with E-state index in [-0.39, 0.29) is 72.7 Å². The molecule has 0 atom stereocenters. The molecule has 0 unspecified atom stereocenters. The maximum atomic E-state index is 14.6. The molecule has 8 heterocycles. The van der Waals surface area contributed by atoms with Crippen LogP contribution in [0.3, 0.4) is 0 Å². The molecule has 0 bridgehead atoms. The van der Waals surface area contributed by atoms with Crippen LogP contribution in [0.2, 0.25) is 0 Å². The second-order valence-electron chi connectivity index (χ2n) is 16.2. The summed E-state index contributed by atoms with van der Waals surface area (Å²) in [7, 11) is 6.41. The average molecular weight is 1040 g/mol. The Hall–Kier alpha value is -7.09. The average Bonchev–Trinajstić information content (AvgIpc) is 3.36. The molecule has 8 aromatic heterocycles. The first-order chi connectivity index (χ1) is 34.8. The number of nitrogens with two attached hydrogens (primary N) is 1. The van der Waals surface area contributed by atoms with Gasteiger partial charge in [-0.25, -0.2) is 38.7 Å². The summed E-state index contributed by atoms with van der Waals surface area (Å²) in [4.78, 5) is 61.0. The summed E-state index contributed by atoms with van der Waals surface area (Å²) in [6.45, 7) is 0.643. The topological polar surface area (TPSA) is 183 Å². The molecule has 73 heavy (non-hydrogen) atoms. The van der Waals surface area contributed by atoms with Crippen LogP contribution < -0.4 is 57.9 Å². The Kier molecular flexibility index (Phi) is 20.1. The zero-order chi connectivity index (χ0) is 51.3. The molecule has 0 saturated carbocycles. The number of benzene rings is 2. The normalized spacial score (nSPS) is 10.7. The summed E-state index contributed by atoms with van der Waals surface area (Å²) < 4.78 is 44.5. The fourth-order valence-electron chi connectivity index (χ4n) is 7.62. The molecule has 0 aliphatic carbocycles. The van der Waals surface area contributed by atoms with Gasteiger partial charge in [-0.05, 0) is 111 Å². The summed E-state index contributed by atoms with van der Waals surface area (Å²) in [5.41, 5.74) is 11.8. The molecule has 10 rings (SSSR count). The number of nitrogens with one attached hydrogen (secondary N) is 2. The van der Waals surface area contributed by atoms with Gasteiger partial charge in [0.1, 0.15) is 23.3 Å². The third-order valence-electron chi connectivity index (χ3n) is 10.6. The number of rotatable bonds is 9. The summed E-state index contributed by atoms with van der Waals surface area (Å²) in [6.07, 6.45) is 9.99. The number of pyridine rings is 8. The molecular weight excluding hydrogens is 988 g/mol. The number of nitrogen functional groups attached to an aromatic ring is 1. The second-order valence-corrected chi connectivity index (χ2v) is 16.6. The maximum Gasteiger partial charge on any atom is 1.00 e. The van der Waals surface area contributed by atoms with Crippen LogP contribution in [0.1, 0.15) is 2.80 Å². The van der Waals surface area contributed by atoms with Crippen molar-refractivity contribution in [2.24, 2.45) is 0 Å². The van der Waals surface area contributed by atoms with E-state index >= 15 is 0 Å². The third-order valence-corrected chi connectivity index (χ3v) is 10.7. The van der Waals surface area contributed by atoms with Gasteiger partial charge in [0, 0.05) is 91.8 Å². The molecule has 0 radical (unpaired) electrons. The van der Waals surface area contributed by atoms with E-state index in [1.165, 1.54) is 12.1 Å². The van der Waals surface area contributed by atoms with Crippen molar-refractivity contribution in [3.63, 3.8) is 0 Å². The predicted molar refractivity (Wildman–Crippen MR) is 275 cm³/mol. The standard InChI is InChI=1S/C26H21FN6O.C22H14FN5.C4H8ClNO.CH3F.ClH.Na.H/c1-33(2)15-23(34)32-26-18-10-12-28-24(16(18)9-13-30-26)20-14-22(19-6-3-4-8-21(19)27)31-25-17(20)7-5-11-29-25;23-18-6-2-1-4-16(18)19-12-17(15-5-3-9-27-22(15)28-19)20-13-7-11-26-21(24)14(13)8-10-25-20;1-6(2)3-4(5)7;1-2;;;/h3-14H,15H2,1-2H3,(H,30,32,34);1-12H,(H2,24,26);3H2,1-2H3;1H3;1H;;/q;;;;;+1;-1/i;;;1D;;;. The van der Waals surface area contributed by atoms with Crippen molar-refractivity contribution < 1.29 is 72.4 Å². The Morgan fingerprint density at radius 2 is 1.10 bits per heavy atom. The molecule has 0 fully saturated rings. The Morgan fingerprint density at radius 3 is 1.56 bits per heavy atom. The van der Waals surface area contributed by atoms with Crippen LogP contribution in [0.4, 0.5) is 24.8 Å². The summed E-state index contributed by atoms with van der Waals surface area (Å²) in [5, 5.41) is 7.46. The summed E-state index contributed by atoms with van der Waals surface area (Å²) in [5.74, 6) is 0.0299. The van der Waals surface area contributed by atoms with Crippen molar-refractivity contribution in [3.8, 4) is 45.0 Å². The van der Waals surface area contributed by atoms with E-state index in [0.717, 1.165) is 54.0 Å². The number of amides is 1. The Bertz CT molecular complexity index is 3570. The molecule has 0 aliphatic heterocycles. The predicted octanol–water partition coefficient (Wildman–Crippen LogP) is 2.78. The van der Waals surface area contributed by atoms with E-state index in [9.17, 15) is 22.8 Å². The molecule has 4 N–H and O–H groups in total. The quantitative estimate of drug-likeness (QED) is 0.142. The molecule has 0 saturated heterocycles. The number of quaternary nitrogens is 1. The van der Waals surface area contributed by atoms with Crippen LogP contribution in [-0.2, 0) is 9.59 Å². The van der Waals surface area contributed by atoms with Gasteiger partial charge in [0.05, 0.1) is 51.9 Å². The Balaban J connectivity index is 0.000000269. The molecule has 2 aromatic carbocycles. The van der Waals surface area contributed by atoms with E-state index in [1.807, 2.05) is 88.9 Å². The molecule has 1 amide bonds. The number of nitrogens with zero attached hydrogens (tertiary/aromatic N) is 9. The summed E-state index contributed by atoms with van der Waals surface area (Å²) >= 11 is 5.01. The smallest absolute Gasteiger partial charge is 1.00 e. The number of hydrogen-bond donors (Lipinski definition) is 3. The first kappa shape index (κ1) is 55.2. The minimum Gasteiger partial charge on any atom is -1.00 e. The Morgan fingerprint density at radius 1 is 0.644 bits per heavy atom. The van der Waals surface area contributed by atoms with Gasteiger partial charge < -0.3 is 34.7 Å². The van der Waals surface area contributed by atoms with E-state index in [4.69, 9.17) is 18.7 Å². The fourth-order valence-corrected chi connectivity index (χ4v) is 7.88. The number of halogens is 5. The van der Waals surface area contributed by atoms with Gasteiger partial charge in [0.2, 0.25) is 5.91 Å². The number of alkyl halides is 1. The van der Waals surface area contributed by atoms with Gasteiger partial charge in [-0.15, -0.1) is 0 Å². The molecule has 0 spiro atoms. The van der Waals surface area contributed by atoms with E-state index in [0.29, 0.717) is 57.7 Å². The first-order valence-electron chi connectivity index (χ1n) is 22.5. The van der Waals surface area contributed by atoms with Crippen molar-refractivity contribution in [1.82, 2.24) is 44.8 Å². The monoisotopic (exact) mass is 1040 g/mol. The molecule has 20 heteroatoms. The molecule has 0 aliphatic rings. The van der Waals surface area contributed by atoms with Crippen LogP contribution >= 0.6 is 11.6 Å². The van der Waals surface area contributed by atoms with Crippen molar-refractivity contribution in [2.75, 3.05) is 59.5 Å². The third kappa shape index (κ3) is 13.7. The second kappa shape index (κ2) is 26.6. The summed E-state index contributed by atoms with van der Waals surface area (Å²) in [6, 6.07) is 31.6. The van der Waals surface area contributed by atoms with Gasteiger partial charge in [-0.1, -0.05) is 24.3 Å². The minimum absolute atomic E-state index is 0. The van der Waals surface area contributed by atoms with Crippen LogP contribution in [0.25, 0.3) is 88.6 Å². The van der Waals surface area contributed by atoms with E-state index < -0.39 is 7.15 Å². The number of hydrogen-bond acceptors (Lipinski definition) is 12. The minimum atomic E-state index is -1.00. The van der Waals surface area contributed by atoms with Crippen LogP contribution in [0.15, 0.2) is 146 Å². The van der Waals surface area contributed by atoms with Gasteiger partial charge in [-0.2, -0.15) is 0 Å². The molecule has 368 valence electrons. The largest absolute Gasteiger partial charge is 1.00 e. The molecule has 10 aromatic rings. The zero-order valence-corrected chi connectivity index (χ0v) is 43.8. The number of carbonyl (C=O) groups excluding carboxylic acids is 2. The zero-order valence-electron chi connectivity index (χ0n) is 42.3. The number of fused-ring (bicyclic) bond motifs is 4. The van der Waals surface area contributed by atoms with Crippen LogP contribution in [-0.4, -0.2) is 104 Å². The SMILES string of the molecule is CN(C)CC(=O)Nc1nccc2c(-c3cc(-c4ccccc4F)nc4ncccc34)nccc12.C[NH+](C)CC(=O)Cl.Nc1nccc2c(-c3cc(-c4ccccc4F)nc4ncccc34)nccc12.[2H]CF.[Cl-].[H-].[Na+]. The number of carbonyl (C=O) groups is 2. The van der Waals surface area contributed by atoms with Crippen LogP contribution in [0, 0.1) is 11.6 Å². The van der Waals surface area contributed by atoms with Gasteiger partial charge in [0.15, 0.2) is 17.8 Å². The van der Waals surface area contributed by atoms with Gasteiger partial charge in [-0.3, -0.25) is 23.9 Å².